The number of amides is 1. The fourth-order valence-electron chi connectivity index (χ4n) is 2.04. The van der Waals surface area contributed by atoms with Crippen LogP contribution in [0.15, 0.2) is 53.0 Å². The molecular weight excluding hydrogens is 513 g/mol. The Morgan fingerprint density at radius 1 is 1.04 bits per heavy atom. The van der Waals surface area contributed by atoms with Gasteiger partial charge in [-0.2, -0.15) is 0 Å². The van der Waals surface area contributed by atoms with Crippen molar-refractivity contribution in [2.24, 2.45) is 0 Å². The summed E-state index contributed by atoms with van der Waals surface area (Å²) in [5, 5.41) is 17.1. The summed E-state index contributed by atoms with van der Waals surface area (Å²) >= 11 is 26.3. The van der Waals surface area contributed by atoms with Gasteiger partial charge in [0.25, 0.3) is 5.91 Å². The highest BCUT2D eigenvalue weighted by molar-refractivity contribution is 9.10. The monoisotopic (exact) mass is 523 g/mol. The van der Waals surface area contributed by atoms with Gasteiger partial charge in [0, 0.05) is 15.7 Å². The van der Waals surface area contributed by atoms with Crippen molar-refractivity contribution in [1.29, 1.82) is 0 Å². The minimum absolute atomic E-state index is 0.0638. The third-order valence-electron chi connectivity index (χ3n) is 3.35. The maximum Gasteiger partial charge on any atom is 0.335 e. The Bertz CT molecular complexity index is 891. The number of carbonyl (C=O) groups excluding carboxylic acids is 1. The second-order valence-corrected chi connectivity index (χ2v) is 9.13. The van der Waals surface area contributed by atoms with Crippen LogP contribution in [0.2, 0.25) is 0 Å². The molecule has 2 rings (SSSR count). The van der Waals surface area contributed by atoms with Crippen molar-refractivity contribution < 1.29 is 14.7 Å². The first kappa shape index (κ1) is 22.7. The van der Waals surface area contributed by atoms with Crippen LogP contribution in [0.4, 0.5) is 5.69 Å². The van der Waals surface area contributed by atoms with Crippen molar-refractivity contribution in [2.75, 3.05) is 5.32 Å². The lowest BCUT2D eigenvalue weighted by molar-refractivity contribution is 0.0696. The van der Waals surface area contributed by atoms with E-state index in [9.17, 15) is 9.59 Å². The lowest BCUT2D eigenvalue weighted by Crippen LogP contribution is -2.56. The summed E-state index contributed by atoms with van der Waals surface area (Å²) in [5.74, 6) is -1.52. The maximum atomic E-state index is 12.4. The number of rotatable bonds is 5. The molecule has 0 fully saturated rings. The van der Waals surface area contributed by atoms with E-state index in [1.54, 1.807) is 24.3 Å². The largest absolute Gasteiger partial charge is 0.478 e. The van der Waals surface area contributed by atoms with Gasteiger partial charge in [0.1, 0.15) is 6.17 Å². The first-order valence-corrected chi connectivity index (χ1v) is 9.94. The number of carboxylic acids is 1. The predicted molar refractivity (Wildman–Crippen MR) is 118 cm³/mol. The third kappa shape index (κ3) is 6.79. The van der Waals surface area contributed by atoms with Gasteiger partial charge in [-0.3, -0.25) is 4.79 Å². The van der Waals surface area contributed by atoms with E-state index in [1.165, 1.54) is 24.3 Å². The standard InChI is InChI=1S/C17H13BrCl3N3O3S/c18-11-3-1-2-10(8-11)13(25)23-15(17(19,20)21)24-16(28)22-12-6-4-9(5-7-12)14(26)27/h1-8,15H,(H,23,25)(H,26,27)(H2,22,24,28). The van der Waals surface area contributed by atoms with E-state index in [2.05, 4.69) is 31.9 Å². The molecule has 2 aromatic rings. The molecule has 0 heterocycles. The molecule has 0 aromatic heterocycles. The van der Waals surface area contributed by atoms with E-state index in [0.717, 1.165) is 4.47 Å². The number of carbonyl (C=O) groups is 2. The Balaban J connectivity index is 2.06. The van der Waals surface area contributed by atoms with E-state index in [0.29, 0.717) is 11.3 Å². The van der Waals surface area contributed by atoms with Crippen LogP contribution in [-0.2, 0) is 0 Å². The lowest BCUT2D eigenvalue weighted by Gasteiger charge is -2.27. The summed E-state index contributed by atoms with van der Waals surface area (Å²) in [6.07, 6.45) is -1.14. The molecule has 0 spiro atoms. The van der Waals surface area contributed by atoms with Gasteiger partial charge in [-0.15, -0.1) is 0 Å². The normalized spacial score (nSPS) is 12.0. The first-order valence-electron chi connectivity index (χ1n) is 7.60. The highest BCUT2D eigenvalue weighted by Crippen LogP contribution is 2.29. The van der Waals surface area contributed by atoms with Crippen molar-refractivity contribution >= 4 is 85.6 Å². The average Bonchev–Trinajstić information content (AvgIpc) is 2.60. The number of alkyl halides is 3. The smallest absolute Gasteiger partial charge is 0.335 e. The molecule has 6 nitrogen and oxygen atoms in total. The highest BCUT2D eigenvalue weighted by Gasteiger charge is 2.35. The fraction of sp³-hybridized carbons (Fsp3) is 0.118. The number of nitrogens with one attached hydrogen (secondary N) is 3. The van der Waals surface area contributed by atoms with E-state index < -0.39 is 21.8 Å². The van der Waals surface area contributed by atoms with Crippen molar-refractivity contribution in [2.45, 2.75) is 9.96 Å². The van der Waals surface area contributed by atoms with Crippen LogP contribution < -0.4 is 16.0 Å². The summed E-state index contributed by atoms with van der Waals surface area (Å²) in [5.41, 5.74) is 1.01. The molecule has 0 radical (unpaired) electrons. The Morgan fingerprint density at radius 2 is 1.68 bits per heavy atom. The Kier molecular flexibility index (Phi) is 7.91. The molecule has 0 aliphatic carbocycles. The van der Waals surface area contributed by atoms with E-state index >= 15 is 0 Å². The number of benzene rings is 2. The van der Waals surface area contributed by atoms with Gasteiger partial charge in [0.15, 0.2) is 5.11 Å². The van der Waals surface area contributed by atoms with Crippen LogP contribution in [0.25, 0.3) is 0 Å². The Labute approximate surface area is 189 Å². The summed E-state index contributed by atoms with van der Waals surface area (Å²) < 4.78 is -1.18. The van der Waals surface area contributed by atoms with Crippen molar-refractivity contribution in [3.05, 3.63) is 64.1 Å². The molecule has 148 valence electrons. The van der Waals surface area contributed by atoms with Crippen molar-refractivity contribution in [3.8, 4) is 0 Å². The number of hydrogen-bond acceptors (Lipinski definition) is 3. The third-order valence-corrected chi connectivity index (χ3v) is 4.72. The lowest BCUT2D eigenvalue weighted by atomic mass is 10.2. The number of thiocarbonyl (C=S) groups is 1. The zero-order chi connectivity index (χ0) is 20.9. The molecule has 1 unspecified atom stereocenters. The molecule has 11 heteroatoms. The maximum absolute atomic E-state index is 12.4. The van der Waals surface area contributed by atoms with Gasteiger partial charge < -0.3 is 21.1 Å². The van der Waals surface area contributed by atoms with Crippen LogP contribution in [0, 0.1) is 0 Å². The second kappa shape index (κ2) is 9.76. The van der Waals surface area contributed by atoms with Gasteiger partial charge in [0.05, 0.1) is 5.56 Å². The quantitative estimate of drug-likeness (QED) is 0.260. The average molecular weight is 526 g/mol. The number of aromatic carboxylic acids is 1. The van der Waals surface area contributed by atoms with Gasteiger partial charge in [-0.05, 0) is 54.7 Å². The van der Waals surface area contributed by atoms with Crippen LogP contribution in [-0.4, -0.2) is 32.1 Å². The Morgan fingerprint density at radius 3 is 2.21 bits per heavy atom. The molecule has 0 aliphatic rings. The Hall–Kier alpha value is -1.58. The van der Waals surface area contributed by atoms with Crippen LogP contribution in [0.5, 0.6) is 0 Å². The summed E-state index contributed by atoms with van der Waals surface area (Å²) in [6.45, 7) is 0. The van der Waals surface area contributed by atoms with Gasteiger partial charge in [0.2, 0.25) is 3.79 Å². The molecule has 0 bridgehead atoms. The predicted octanol–water partition coefficient (Wildman–Crippen LogP) is 4.56. The molecule has 4 N–H and O–H groups in total. The summed E-state index contributed by atoms with van der Waals surface area (Å²) in [7, 11) is 0. The zero-order valence-electron chi connectivity index (χ0n) is 13.9. The van der Waals surface area contributed by atoms with Crippen molar-refractivity contribution in [3.63, 3.8) is 0 Å². The summed E-state index contributed by atoms with van der Waals surface area (Å²) in [4.78, 5) is 23.3. The minimum atomic E-state index is -1.90. The second-order valence-electron chi connectivity index (χ2n) is 5.44. The molecule has 1 atom stereocenters. The summed E-state index contributed by atoms with van der Waals surface area (Å²) in [6, 6.07) is 12.6. The number of halogens is 4. The molecule has 0 saturated heterocycles. The van der Waals surface area contributed by atoms with Crippen molar-refractivity contribution in [1.82, 2.24) is 10.6 Å². The van der Waals surface area contributed by atoms with Crippen LogP contribution in [0.3, 0.4) is 0 Å². The SMILES string of the molecule is O=C(O)c1ccc(NC(=S)NC(NC(=O)c2cccc(Br)c2)C(Cl)(Cl)Cl)cc1. The van der Waals surface area contributed by atoms with Gasteiger partial charge >= 0.3 is 5.97 Å². The molecular formula is C17H13BrCl3N3O3S. The topological polar surface area (TPSA) is 90.5 Å². The van der Waals surface area contributed by atoms with E-state index in [-0.39, 0.29) is 10.7 Å². The van der Waals surface area contributed by atoms with Crippen LogP contribution in [0.1, 0.15) is 20.7 Å². The first-order chi connectivity index (χ1) is 13.1. The molecule has 0 saturated carbocycles. The van der Waals surface area contributed by atoms with E-state index in [1.807, 2.05) is 0 Å². The zero-order valence-corrected chi connectivity index (χ0v) is 18.6. The number of anilines is 1. The van der Waals surface area contributed by atoms with Gasteiger partial charge in [-0.1, -0.05) is 56.8 Å². The molecule has 1 amide bonds. The minimum Gasteiger partial charge on any atom is -0.478 e. The molecule has 0 aliphatic heterocycles. The molecule has 2 aromatic carbocycles. The molecule has 28 heavy (non-hydrogen) atoms. The van der Waals surface area contributed by atoms with Crippen LogP contribution >= 0.6 is 63.0 Å². The fourth-order valence-corrected chi connectivity index (χ4v) is 3.00. The van der Waals surface area contributed by atoms with E-state index in [4.69, 9.17) is 52.1 Å². The van der Waals surface area contributed by atoms with Gasteiger partial charge in [-0.25, -0.2) is 4.79 Å². The number of carboxylic acid groups (broad SMARTS) is 1. The highest BCUT2D eigenvalue weighted by atomic mass is 79.9. The number of hydrogen-bond donors (Lipinski definition) is 4.